The van der Waals surface area contributed by atoms with Crippen LogP contribution in [0.5, 0.6) is 0 Å². The van der Waals surface area contributed by atoms with Crippen LogP contribution < -0.4 is 5.43 Å². The molecular weight excluding hydrogens is 348 g/mol. The number of aryl methyl sites for hydroxylation is 1. The van der Waals surface area contributed by atoms with Crippen LogP contribution in [-0.2, 0) is 0 Å². The van der Waals surface area contributed by atoms with Crippen LogP contribution in [0.15, 0.2) is 69.1 Å². The molecule has 7 heteroatoms. The summed E-state index contributed by atoms with van der Waals surface area (Å²) in [5.41, 5.74) is 2.73. The van der Waals surface area contributed by atoms with Crippen molar-refractivity contribution in [1.29, 1.82) is 0 Å². The average Bonchev–Trinajstić information content (AvgIpc) is 3.03. The maximum absolute atomic E-state index is 12.6. The molecule has 1 N–H and O–H groups in total. The highest BCUT2D eigenvalue weighted by Crippen LogP contribution is 2.18. The van der Waals surface area contributed by atoms with Crippen molar-refractivity contribution in [2.24, 2.45) is 5.10 Å². The summed E-state index contributed by atoms with van der Waals surface area (Å²) < 4.78 is 7.32. The van der Waals surface area contributed by atoms with E-state index in [1.807, 2.05) is 37.3 Å². The minimum Gasteiger partial charge on any atom is -0.463 e. The molecule has 0 saturated heterocycles. The van der Waals surface area contributed by atoms with Gasteiger partial charge in [-0.25, -0.2) is 5.10 Å². The standard InChI is InChI=1S/C19H14N4O2S/c1-12-6-8-13(9-7-12)18-21-22-19(26)23(18)20-10-14-11-25-16-5-3-2-4-15(16)17(14)24/h2-11H,1H3,(H,22,26)/b20-10+. The number of para-hydroxylation sites is 1. The van der Waals surface area contributed by atoms with E-state index in [2.05, 4.69) is 15.3 Å². The summed E-state index contributed by atoms with van der Waals surface area (Å²) in [6.45, 7) is 2.01. The van der Waals surface area contributed by atoms with E-state index in [4.69, 9.17) is 16.6 Å². The van der Waals surface area contributed by atoms with Crippen molar-refractivity contribution in [3.05, 3.63) is 80.9 Å². The monoisotopic (exact) mass is 362 g/mol. The van der Waals surface area contributed by atoms with Gasteiger partial charge in [0.1, 0.15) is 11.8 Å². The Morgan fingerprint density at radius 2 is 1.96 bits per heavy atom. The molecule has 0 radical (unpaired) electrons. The Balaban J connectivity index is 1.78. The number of rotatable bonds is 3. The lowest BCUT2D eigenvalue weighted by Crippen LogP contribution is -2.08. The van der Waals surface area contributed by atoms with Gasteiger partial charge in [-0.05, 0) is 31.3 Å². The highest BCUT2D eigenvalue weighted by atomic mass is 32.1. The molecular formula is C19H14N4O2S. The van der Waals surface area contributed by atoms with Crippen LogP contribution in [0, 0.1) is 11.7 Å². The van der Waals surface area contributed by atoms with Crippen molar-refractivity contribution in [1.82, 2.24) is 14.9 Å². The van der Waals surface area contributed by atoms with Crippen molar-refractivity contribution in [3.63, 3.8) is 0 Å². The molecule has 0 unspecified atom stereocenters. The summed E-state index contributed by atoms with van der Waals surface area (Å²) in [6.07, 6.45) is 2.82. The Morgan fingerprint density at radius 1 is 1.19 bits per heavy atom. The van der Waals surface area contributed by atoms with Crippen LogP contribution in [-0.4, -0.2) is 21.1 Å². The SMILES string of the molecule is Cc1ccc(-c2n[nH]c(=S)n2/N=C/c2coc3ccccc3c2=O)cc1. The van der Waals surface area contributed by atoms with Gasteiger partial charge in [0.2, 0.25) is 10.2 Å². The zero-order valence-electron chi connectivity index (χ0n) is 13.8. The van der Waals surface area contributed by atoms with Crippen molar-refractivity contribution in [3.8, 4) is 11.4 Å². The van der Waals surface area contributed by atoms with Gasteiger partial charge in [0.25, 0.3) is 0 Å². The minimum absolute atomic E-state index is 0.150. The first-order valence-electron chi connectivity index (χ1n) is 7.93. The molecule has 6 nitrogen and oxygen atoms in total. The highest BCUT2D eigenvalue weighted by Gasteiger charge is 2.09. The summed E-state index contributed by atoms with van der Waals surface area (Å²) >= 11 is 5.25. The Morgan fingerprint density at radius 3 is 2.77 bits per heavy atom. The summed E-state index contributed by atoms with van der Waals surface area (Å²) in [7, 11) is 0. The number of hydrogen-bond acceptors (Lipinski definition) is 5. The van der Waals surface area contributed by atoms with Crippen molar-refractivity contribution >= 4 is 29.4 Å². The Bertz CT molecular complexity index is 1230. The third-order valence-electron chi connectivity index (χ3n) is 3.98. The first kappa shape index (κ1) is 16.2. The number of benzene rings is 2. The fraction of sp³-hybridized carbons (Fsp3) is 0.0526. The molecule has 0 spiro atoms. The first-order valence-corrected chi connectivity index (χ1v) is 8.34. The van der Waals surface area contributed by atoms with Crippen LogP contribution in [0.25, 0.3) is 22.4 Å². The molecule has 0 amide bonds. The molecule has 0 atom stereocenters. The van der Waals surface area contributed by atoms with Gasteiger partial charge in [-0.3, -0.25) is 4.79 Å². The van der Waals surface area contributed by atoms with Gasteiger partial charge in [-0.1, -0.05) is 42.0 Å². The number of nitrogens with one attached hydrogen (secondary N) is 1. The third kappa shape index (κ3) is 2.89. The molecule has 0 aliphatic rings. The number of nitrogens with zero attached hydrogens (tertiary/aromatic N) is 3. The molecule has 4 aromatic rings. The molecule has 0 aliphatic heterocycles. The molecule has 4 rings (SSSR count). The van der Waals surface area contributed by atoms with E-state index in [-0.39, 0.29) is 5.43 Å². The lowest BCUT2D eigenvalue weighted by Gasteiger charge is -2.02. The predicted octanol–water partition coefficient (Wildman–Crippen LogP) is 3.90. The van der Waals surface area contributed by atoms with Crippen LogP contribution in [0.2, 0.25) is 0 Å². The van der Waals surface area contributed by atoms with Crippen molar-refractivity contribution in [2.75, 3.05) is 0 Å². The first-order chi connectivity index (χ1) is 12.6. The average molecular weight is 362 g/mol. The fourth-order valence-electron chi connectivity index (χ4n) is 2.59. The van der Waals surface area contributed by atoms with Crippen LogP contribution in [0.3, 0.4) is 0 Å². The summed E-state index contributed by atoms with van der Waals surface area (Å²) in [6, 6.07) is 14.9. The Hall–Kier alpha value is -3.32. The lowest BCUT2D eigenvalue weighted by atomic mass is 10.1. The van der Waals surface area contributed by atoms with E-state index in [0.717, 1.165) is 11.1 Å². The summed E-state index contributed by atoms with van der Waals surface area (Å²) in [5.74, 6) is 0.566. The number of aromatic nitrogens is 3. The molecule has 2 heterocycles. The Kier molecular flexibility index (Phi) is 4.06. The Labute approximate surface area is 153 Å². The lowest BCUT2D eigenvalue weighted by molar-refractivity contribution is 0.601. The largest absolute Gasteiger partial charge is 0.463 e. The van der Waals surface area contributed by atoms with E-state index < -0.39 is 0 Å². The smallest absolute Gasteiger partial charge is 0.216 e. The molecule has 2 aromatic carbocycles. The van der Waals surface area contributed by atoms with Crippen LogP contribution in [0.1, 0.15) is 11.1 Å². The normalized spacial score (nSPS) is 11.4. The fourth-order valence-corrected chi connectivity index (χ4v) is 2.77. The molecule has 128 valence electrons. The van der Waals surface area contributed by atoms with Crippen LogP contribution in [0.4, 0.5) is 0 Å². The van der Waals surface area contributed by atoms with E-state index in [1.165, 1.54) is 17.2 Å². The highest BCUT2D eigenvalue weighted by molar-refractivity contribution is 7.71. The van der Waals surface area contributed by atoms with E-state index >= 15 is 0 Å². The van der Waals surface area contributed by atoms with Gasteiger partial charge in [-0.15, -0.1) is 0 Å². The maximum atomic E-state index is 12.6. The van der Waals surface area contributed by atoms with Crippen molar-refractivity contribution in [2.45, 2.75) is 6.92 Å². The van der Waals surface area contributed by atoms with Crippen molar-refractivity contribution < 1.29 is 4.42 Å². The van der Waals surface area contributed by atoms with Gasteiger partial charge in [0, 0.05) is 5.56 Å². The predicted molar refractivity (Wildman–Crippen MR) is 103 cm³/mol. The molecule has 0 bridgehead atoms. The third-order valence-corrected chi connectivity index (χ3v) is 4.24. The van der Waals surface area contributed by atoms with E-state index in [0.29, 0.717) is 27.1 Å². The minimum atomic E-state index is -0.150. The zero-order chi connectivity index (χ0) is 18.1. The number of aromatic amines is 1. The van der Waals surface area contributed by atoms with Gasteiger partial charge in [0.15, 0.2) is 5.82 Å². The van der Waals surface area contributed by atoms with E-state index in [9.17, 15) is 4.79 Å². The molecule has 0 fully saturated rings. The molecule has 26 heavy (non-hydrogen) atoms. The van der Waals surface area contributed by atoms with Crippen LogP contribution >= 0.6 is 12.2 Å². The number of H-pyrrole nitrogens is 1. The summed E-state index contributed by atoms with van der Waals surface area (Å²) in [4.78, 5) is 12.6. The number of hydrogen-bond donors (Lipinski definition) is 1. The van der Waals surface area contributed by atoms with Gasteiger partial charge in [0.05, 0.1) is 17.2 Å². The molecule has 0 saturated carbocycles. The summed E-state index contributed by atoms with van der Waals surface area (Å²) in [5, 5.41) is 11.8. The second-order valence-electron chi connectivity index (χ2n) is 5.79. The quantitative estimate of drug-likeness (QED) is 0.443. The van der Waals surface area contributed by atoms with E-state index in [1.54, 1.807) is 18.2 Å². The second-order valence-corrected chi connectivity index (χ2v) is 6.18. The topological polar surface area (TPSA) is 76.2 Å². The molecule has 2 aromatic heterocycles. The molecule has 0 aliphatic carbocycles. The zero-order valence-corrected chi connectivity index (χ0v) is 14.7. The van der Waals surface area contributed by atoms with Gasteiger partial charge < -0.3 is 4.42 Å². The second kappa shape index (κ2) is 6.53. The van der Waals surface area contributed by atoms with Gasteiger partial charge in [-0.2, -0.15) is 14.9 Å². The van der Waals surface area contributed by atoms with Gasteiger partial charge >= 0.3 is 0 Å². The maximum Gasteiger partial charge on any atom is 0.216 e. The number of fused-ring (bicyclic) bond motifs is 1.